The molecule has 4 rings (SSSR count). The third-order valence-electron chi connectivity index (χ3n) is 5.60. The minimum atomic E-state index is -0.355. The summed E-state index contributed by atoms with van der Waals surface area (Å²) in [7, 11) is 1.56. The number of hydrogen-bond donors (Lipinski definition) is 1. The summed E-state index contributed by atoms with van der Waals surface area (Å²) in [5.41, 5.74) is 4.46. The first-order valence-electron chi connectivity index (χ1n) is 9.00. The van der Waals surface area contributed by atoms with E-state index in [0.717, 1.165) is 24.1 Å². The predicted molar refractivity (Wildman–Crippen MR) is 102 cm³/mol. The van der Waals surface area contributed by atoms with Crippen molar-refractivity contribution in [2.24, 2.45) is 5.92 Å². The first kappa shape index (κ1) is 16.6. The van der Waals surface area contributed by atoms with Gasteiger partial charge in [0, 0.05) is 12.0 Å². The summed E-state index contributed by atoms with van der Waals surface area (Å²) in [4.78, 5) is 10.9. The molecule has 1 aliphatic heterocycles. The molecule has 0 fully saturated rings. The van der Waals surface area contributed by atoms with E-state index >= 15 is 0 Å². The Labute approximate surface area is 152 Å². The number of fused-ring (bicyclic) bond motifs is 3. The Hall–Kier alpha value is -2.82. The first-order valence-corrected chi connectivity index (χ1v) is 9.00. The maximum Gasteiger partial charge on any atom is 0.273 e. The van der Waals surface area contributed by atoms with Crippen molar-refractivity contribution in [3.05, 3.63) is 75.4 Å². The maximum atomic E-state index is 11.3. The lowest BCUT2D eigenvalue weighted by molar-refractivity contribution is -0.385. The van der Waals surface area contributed by atoms with Gasteiger partial charge in [-0.15, -0.1) is 0 Å². The SMILES string of the molecule is CCc1ccc([C@@H]2Nc3c(OC)cc([N+](=O)[O-])cc3[C@@H]3C=CC[C@@H]32)cc1. The van der Waals surface area contributed by atoms with Crippen molar-refractivity contribution in [3.8, 4) is 5.75 Å². The van der Waals surface area contributed by atoms with Crippen LogP contribution in [-0.4, -0.2) is 12.0 Å². The highest BCUT2D eigenvalue weighted by atomic mass is 16.6. The topological polar surface area (TPSA) is 64.4 Å². The molecule has 0 unspecified atom stereocenters. The number of non-ortho nitro benzene ring substituents is 1. The van der Waals surface area contributed by atoms with Crippen LogP contribution in [0.15, 0.2) is 48.6 Å². The fourth-order valence-electron chi connectivity index (χ4n) is 4.21. The van der Waals surface area contributed by atoms with Crippen LogP contribution in [0, 0.1) is 16.0 Å². The van der Waals surface area contributed by atoms with Gasteiger partial charge in [0.15, 0.2) is 0 Å². The number of nitrogens with zero attached hydrogens (tertiary/aromatic N) is 1. The number of hydrogen-bond acceptors (Lipinski definition) is 4. The molecular weight excluding hydrogens is 328 g/mol. The lowest BCUT2D eigenvalue weighted by atomic mass is 9.76. The average molecular weight is 350 g/mol. The summed E-state index contributed by atoms with van der Waals surface area (Å²) in [5.74, 6) is 1.04. The molecule has 1 aliphatic carbocycles. The van der Waals surface area contributed by atoms with Crippen molar-refractivity contribution >= 4 is 11.4 Å². The second-order valence-corrected chi connectivity index (χ2v) is 6.94. The zero-order valence-corrected chi connectivity index (χ0v) is 14.9. The van der Waals surface area contributed by atoms with E-state index < -0.39 is 0 Å². The monoisotopic (exact) mass is 350 g/mol. The zero-order valence-electron chi connectivity index (χ0n) is 14.9. The lowest BCUT2D eigenvalue weighted by Crippen LogP contribution is -2.29. The van der Waals surface area contributed by atoms with E-state index in [1.54, 1.807) is 13.2 Å². The van der Waals surface area contributed by atoms with Gasteiger partial charge in [-0.25, -0.2) is 0 Å². The van der Waals surface area contributed by atoms with Gasteiger partial charge in [0.2, 0.25) is 0 Å². The van der Waals surface area contributed by atoms with Crippen molar-refractivity contribution in [1.29, 1.82) is 0 Å². The van der Waals surface area contributed by atoms with Crippen LogP contribution in [0.4, 0.5) is 11.4 Å². The van der Waals surface area contributed by atoms with Crippen LogP contribution in [-0.2, 0) is 6.42 Å². The number of nitro groups is 1. The van der Waals surface area contributed by atoms with Gasteiger partial charge in [0.1, 0.15) is 5.75 Å². The van der Waals surface area contributed by atoms with Gasteiger partial charge in [0.05, 0.1) is 29.8 Å². The number of nitro benzene ring substituents is 1. The van der Waals surface area contributed by atoms with Gasteiger partial charge in [0.25, 0.3) is 5.69 Å². The number of methoxy groups -OCH3 is 1. The second-order valence-electron chi connectivity index (χ2n) is 6.94. The van der Waals surface area contributed by atoms with Gasteiger partial charge >= 0.3 is 0 Å². The normalized spacial score (nSPS) is 23.1. The summed E-state index contributed by atoms with van der Waals surface area (Å²) < 4.78 is 5.48. The molecule has 2 aliphatic rings. The molecule has 0 bridgehead atoms. The van der Waals surface area contributed by atoms with E-state index in [1.165, 1.54) is 17.2 Å². The van der Waals surface area contributed by atoms with Gasteiger partial charge in [-0.3, -0.25) is 10.1 Å². The summed E-state index contributed by atoms with van der Waals surface area (Å²) in [6, 6.07) is 12.1. The van der Waals surface area contributed by atoms with Crippen molar-refractivity contribution in [3.63, 3.8) is 0 Å². The average Bonchev–Trinajstić information content (AvgIpc) is 3.16. The van der Waals surface area contributed by atoms with Crippen LogP contribution in [0.25, 0.3) is 0 Å². The Morgan fingerprint density at radius 2 is 2.04 bits per heavy atom. The van der Waals surface area contributed by atoms with E-state index in [1.807, 2.05) is 0 Å². The highest BCUT2D eigenvalue weighted by Gasteiger charge is 2.40. The molecule has 134 valence electrons. The summed E-state index contributed by atoms with van der Waals surface area (Å²) in [6.07, 6.45) is 6.35. The summed E-state index contributed by atoms with van der Waals surface area (Å²) in [6.45, 7) is 2.15. The van der Waals surface area contributed by atoms with Gasteiger partial charge < -0.3 is 10.1 Å². The Morgan fingerprint density at radius 3 is 2.69 bits per heavy atom. The molecule has 0 radical (unpaired) electrons. The van der Waals surface area contributed by atoms with Crippen LogP contribution in [0.3, 0.4) is 0 Å². The largest absolute Gasteiger partial charge is 0.494 e. The van der Waals surface area contributed by atoms with E-state index in [9.17, 15) is 10.1 Å². The second kappa shape index (κ2) is 6.48. The number of ether oxygens (including phenoxy) is 1. The van der Waals surface area contributed by atoms with Crippen LogP contribution in [0.1, 0.15) is 42.0 Å². The zero-order chi connectivity index (χ0) is 18.3. The fourth-order valence-corrected chi connectivity index (χ4v) is 4.21. The number of aryl methyl sites for hydroxylation is 1. The molecule has 5 heteroatoms. The van der Waals surface area contributed by atoms with Crippen LogP contribution < -0.4 is 10.1 Å². The van der Waals surface area contributed by atoms with E-state index in [0.29, 0.717) is 11.7 Å². The molecule has 0 aromatic heterocycles. The molecule has 26 heavy (non-hydrogen) atoms. The molecule has 0 saturated heterocycles. The molecule has 0 saturated carbocycles. The standard InChI is InChI=1S/C21H22N2O3/c1-3-13-7-9-14(10-8-13)20-17-6-4-5-16(17)18-11-15(23(24)25)12-19(26-2)21(18)22-20/h4-5,7-12,16-17,20,22H,3,6H2,1-2H3/t16-,17+,20+/m1/s1. The smallest absolute Gasteiger partial charge is 0.273 e. The van der Waals surface area contributed by atoms with Crippen molar-refractivity contribution < 1.29 is 9.66 Å². The van der Waals surface area contributed by atoms with E-state index in [2.05, 4.69) is 48.7 Å². The first-order chi connectivity index (χ1) is 12.6. The van der Waals surface area contributed by atoms with Crippen molar-refractivity contribution in [2.75, 3.05) is 12.4 Å². The fraction of sp³-hybridized carbons (Fsp3) is 0.333. The van der Waals surface area contributed by atoms with Gasteiger partial charge in [-0.05, 0) is 35.4 Å². The number of nitrogens with one attached hydrogen (secondary N) is 1. The number of benzene rings is 2. The quantitative estimate of drug-likeness (QED) is 0.479. The van der Waals surface area contributed by atoms with Crippen LogP contribution >= 0.6 is 0 Å². The highest BCUT2D eigenvalue weighted by molar-refractivity contribution is 5.71. The van der Waals surface area contributed by atoms with Crippen molar-refractivity contribution in [2.45, 2.75) is 31.7 Å². The Balaban J connectivity index is 1.80. The van der Waals surface area contributed by atoms with Gasteiger partial charge in [-0.2, -0.15) is 0 Å². The van der Waals surface area contributed by atoms with E-state index in [-0.39, 0.29) is 22.6 Å². The third kappa shape index (κ3) is 2.64. The molecule has 2 aromatic carbocycles. The Morgan fingerprint density at radius 1 is 1.27 bits per heavy atom. The molecule has 5 nitrogen and oxygen atoms in total. The van der Waals surface area contributed by atoms with E-state index in [4.69, 9.17) is 4.74 Å². The maximum absolute atomic E-state index is 11.3. The molecule has 0 spiro atoms. The lowest BCUT2D eigenvalue weighted by Gasteiger charge is -2.38. The number of anilines is 1. The molecule has 2 aromatic rings. The van der Waals surface area contributed by atoms with Crippen LogP contribution in [0.2, 0.25) is 0 Å². The van der Waals surface area contributed by atoms with Crippen molar-refractivity contribution in [1.82, 2.24) is 0 Å². The van der Waals surface area contributed by atoms with Gasteiger partial charge in [-0.1, -0.05) is 43.3 Å². The molecular formula is C21H22N2O3. The number of rotatable bonds is 4. The van der Waals surface area contributed by atoms with Crippen LogP contribution in [0.5, 0.6) is 5.75 Å². The summed E-state index contributed by atoms with van der Waals surface area (Å²) in [5, 5.41) is 14.9. The molecule has 1 N–H and O–H groups in total. The molecule has 3 atom stereocenters. The minimum Gasteiger partial charge on any atom is -0.494 e. The third-order valence-corrected chi connectivity index (χ3v) is 5.60. The highest BCUT2D eigenvalue weighted by Crippen LogP contribution is 2.53. The Kier molecular flexibility index (Phi) is 4.15. The number of allylic oxidation sites excluding steroid dienone is 2. The minimum absolute atomic E-state index is 0.0761. The molecule has 0 amide bonds. The summed E-state index contributed by atoms with van der Waals surface area (Å²) >= 11 is 0. The molecule has 1 heterocycles. The predicted octanol–water partition coefficient (Wildman–Crippen LogP) is 4.99. The Bertz CT molecular complexity index is 874.